The predicted molar refractivity (Wildman–Crippen MR) is 151 cm³/mol. The van der Waals surface area contributed by atoms with Crippen LogP contribution in [-0.4, -0.2) is 28.1 Å². The number of aromatic nitrogens is 1. The number of amides is 2. The summed E-state index contributed by atoms with van der Waals surface area (Å²) in [5, 5.41) is 3.68. The molecule has 186 valence electrons. The zero-order valence-corrected chi connectivity index (χ0v) is 21.8. The molecule has 0 bridgehead atoms. The minimum Gasteiger partial charge on any atom is -0.491 e. The molecule has 1 saturated heterocycles. The van der Waals surface area contributed by atoms with E-state index in [4.69, 9.17) is 17.0 Å². The van der Waals surface area contributed by atoms with Gasteiger partial charge in [0.25, 0.3) is 11.8 Å². The van der Waals surface area contributed by atoms with Gasteiger partial charge in [0.15, 0.2) is 5.11 Å². The maximum absolute atomic E-state index is 13.4. The Hall–Kier alpha value is -4.23. The maximum atomic E-state index is 13.4. The Bertz CT molecular complexity index is 1570. The number of hydrogen-bond acceptors (Lipinski definition) is 4. The van der Waals surface area contributed by atoms with E-state index >= 15 is 0 Å². The fourth-order valence-corrected chi connectivity index (χ4v) is 4.71. The summed E-state index contributed by atoms with van der Waals surface area (Å²) in [6, 6.07) is 21.5. The number of benzene rings is 3. The first-order valence-corrected chi connectivity index (χ1v) is 12.5. The van der Waals surface area contributed by atoms with Gasteiger partial charge in [-0.05, 0) is 74.5 Å². The molecule has 1 aromatic heterocycles. The summed E-state index contributed by atoms with van der Waals surface area (Å²) in [4.78, 5) is 27.7. The smallest absolute Gasteiger partial charge is 0.270 e. The van der Waals surface area contributed by atoms with Gasteiger partial charge in [-0.25, -0.2) is 0 Å². The van der Waals surface area contributed by atoms with Crippen molar-refractivity contribution in [2.45, 2.75) is 27.3 Å². The number of thiocarbonyl (C=S) groups is 1. The number of aryl methyl sites for hydroxylation is 3. The van der Waals surface area contributed by atoms with Crippen LogP contribution in [0.4, 0.5) is 5.69 Å². The summed E-state index contributed by atoms with van der Waals surface area (Å²) in [7, 11) is 0. The second kappa shape index (κ2) is 10.0. The number of nitrogens with one attached hydrogen (secondary N) is 1. The van der Waals surface area contributed by atoms with Gasteiger partial charge in [0.05, 0.1) is 12.2 Å². The summed E-state index contributed by atoms with van der Waals surface area (Å²) < 4.78 is 8.16. The first-order valence-electron chi connectivity index (χ1n) is 12.1. The first-order chi connectivity index (χ1) is 17.8. The standard InChI is InChI=1S/C30H27N3O3S/c1-19-9-12-23(13-10-19)33-29(35)25(28(34)31-30(33)37)17-22-18-32(26-7-5-4-6-24(22)26)14-15-36-27-16-20(2)8-11-21(27)3/h4-13,16-18H,14-15H2,1-3H3,(H,31,34,37)/b25-17-. The molecule has 5 rings (SSSR count). The molecule has 4 aromatic rings. The lowest BCUT2D eigenvalue weighted by molar-refractivity contribution is -0.122. The Morgan fingerprint density at radius 3 is 2.46 bits per heavy atom. The van der Waals surface area contributed by atoms with Crippen LogP contribution in [0.2, 0.25) is 0 Å². The van der Waals surface area contributed by atoms with Crippen molar-refractivity contribution in [1.82, 2.24) is 9.88 Å². The van der Waals surface area contributed by atoms with Crippen LogP contribution < -0.4 is 15.0 Å². The van der Waals surface area contributed by atoms with Gasteiger partial charge in [-0.2, -0.15) is 0 Å². The minimum atomic E-state index is -0.506. The highest BCUT2D eigenvalue weighted by molar-refractivity contribution is 7.80. The molecule has 0 unspecified atom stereocenters. The molecule has 1 fully saturated rings. The summed E-state index contributed by atoms with van der Waals surface area (Å²) >= 11 is 5.33. The van der Waals surface area contributed by atoms with E-state index in [1.54, 1.807) is 6.08 Å². The molecule has 37 heavy (non-hydrogen) atoms. The second-order valence-electron chi connectivity index (χ2n) is 9.21. The minimum absolute atomic E-state index is 0.0312. The monoisotopic (exact) mass is 509 g/mol. The van der Waals surface area contributed by atoms with Crippen molar-refractivity contribution in [1.29, 1.82) is 0 Å². The van der Waals surface area contributed by atoms with Crippen LogP contribution in [0, 0.1) is 20.8 Å². The van der Waals surface area contributed by atoms with Crippen LogP contribution in [0.3, 0.4) is 0 Å². The van der Waals surface area contributed by atoms with Gasteiger partial charge in [0.1, 0.15) is 17.9 Å². The SMILES string of the molecule is Cc1ccc(N2C(=O)/C(=C\c3cn(CCOc4cc(C)ccc4C)c4ccccc34)C(=O)NC2=S)cc1. The third kappa shape index (κ3) is 4.90. The van der Waals surface area contributed by atoms with E-state index in [9.17, 15) is 9.59 Å². The number of para-hydroxylation sites is 1. The molecule has 6 nitrogen and oxygen atoms in total. The molecular weight excluding hydrogens is 482 g/mol. The Balaban J connectivity index is 1.45. The highest BCUT2D eigenvalue weighted by Gasteiger charge is 2.34. The number of anilines is 1. The molecule has 1 aliphatic rings. The van der Waals surface area contributed by atoms with E-state index in [0.29, 0.717) is 18.8 Å². The van der Waals surface area contributed by atoms with Gasteiger partial charge in [0.2, 0.25) is 0 Å². The summed E-state index contributed by atoms with van der Waals surface area (Å²) in [5.74, 6) is -0.0865. The molecule has 0 aliphatic carbocycles. The molecule has 7 heteroatoms. The summed E-state index contributed by atoms with van der Waals surface area (Å²) in [6.07, 6.45) is 3.60. The molecule has 0 radical (unpaired) electrons. The van der Waals surface area contributed by atoms with Crippen molar-refractivity contribution in [3.05, 3.63) is 101 Å². The fraction of sp³-hybridized carbons (Fsp3) is 0.167. The largest absolute Gasteiger partial charge is 0.491 e. The molecule has 0 spiro atoms. The number of fused-ring (bicyclic) bond motifs is 1. The lowest BCUT2D eigenvalue weighted by Crippen LogP contribution is -2.54. The van der Waals surface area contributed by atoms with Crippen molar-refractivity contribution in [2.24, 2.45) is 0 Å². The maximum Gasteiger partial charge on any atom is 0.270 e. The van der Waals surface area contributed by atoms with Crippen molar-refractivity contribution >= 4 is 51.8 Å². The van der Waals surface area contributed by atoms with Gasteiger partial charge >= 0.3 is 0 Å². The molecule has 1 N–H and O–H groups in total. The lowest BCUT2D eigenvalue weighted by atomic mass is 10.1. The van der Waals surface area contributed by atoms with Crippen LogP contribution in [0.1, 0.15) is 22.3 Å². The quantitative estimate of drug-likeness (QED) is 0.213. The number of rotatable bonds is 6. The Morgan fingerprint density at radius 2 is 1.68 bits per heavy atom. The average Bonchev–Trinajstić information content (AvgIpc) is 3.22. The van der Waals surface area contributed by atoms with E-state index in [1.165, 1.54) is 4.90 Å². The molecule has 2 amide bonds. The van der Waals surface area contributed by atoms with Crippen LogP contribution in [0.5, 0.6) is 5.75 Å². The molecular formula is C30H27N3O3S. The van der Waals surface area contributed by atoms with Crippen LogP contribution >= 0.6 is 12.2 Å². The van der Waals surface area contributed by atoms with Crippen molar-refractivity contribution in [3.63, 3.8) is 0 Å². The van der Waals surface area contributed by atoms with Crippen molar-refractivity contribution in [3.8, 4) is 5.75 Å². The normalized spacial score (nSPS) is 14.9. The van der Waals surface area contributed by atoms with E-state index < -0.39 is 11.8 Å². The Morgan fingerprint density at radius 1 is 0.946 bits per heavy atom. The second-order valence-corrected chi connectivity index (χ2v) is 9.59. The predicted octanol–water partition coefficient (Wildman–Crippen LogP) is 5.48. The van der Waals surface area contributed by atoms with Crippen LogP contribution in [0.25, 0.3) is 17.0 Å². The van der Waals surface area contributed by atoms with Gasteiger partial charge < -0.3 is 9.30 Å². The topological polar surface area (TPSA) is 63.6 Å². The van der Waals surface area contributed by atoms with E-state index in [2.05, 4.69) is 22.0 Å². The van der Waals surface area contributed by atoms with Crippen molar-refractivity contribution < 1.29 is 14.3 Å². The number of ether oxygens (including phenoxy) is 1. The number of nitrogens with zero attached hydrogens (tertiary/aromatic N) is 2. The molecule has 0 saturated carbocycles. The van der Waals surface area contributed by atoms with Gasteiger partial charge in [-0.1, -0.05) is 48.0 Å². The van der Waals surface area contributed by atoms with E-state index in [-0.39, 0.29) is 10.7 Å². The fourth-order valence-electron chi connectivity index (χ4n) is 4.43. The summed E-state index contributed by atoms with van der Waals surface area (Å²) in [6.45, 7) is 7.13. The summed E-state index contributed by atoms with van der Waals surface area (Å²) in [5.41, 5.74) is 5.71. The number of carbonyl (C=O) groups excluding carboxylic acids is 2. The zero-order valence-electron chi connectivity index (χ0n) is 20.9. The molecule has 2 heterocycles. The zero-order chi connectivity index (χ0) is 26.1. The van der Waals surface area contributed by atoms with Gasteiger partial charge in [-0.3, -0.25) is 19.8 Å². The first kappa shape index (κ1) is 24.5. The number of hydrogen-bond donors (Lipinski definition) is 1. The Labute approximate surface area is 221 Å². The molecule has 0 atom stereocenters. The number of carbonyl (C=O) groups is 2. The molecule has 3 aromatic carbocycles. The van der Waals surface area contributed by atoms with Crippen LogP contribution in [0.15, 0.2) is 78.5 Å². The average molecular weight is 510 g/mol. The van der Waals surface area contributed by atoms with E-state index in [1.807, 2.05) is 81.6 Å². The lowest BCUT2D eigenvalue weighted by Gasteiger charge is -2.29. The van der Waals surface area contributed by atoms with Gasteiger partial charge in [-0.15, -0.1) is 0 Å². The third-order valence-electron chi connectivity index (χ3n) is 6.45. The van der Waals surface area contributed by atoms with Gasteiger partial charge in [0, 0.05) is 22.7 Å². The van der Waals surface area contributed by atoms with Crippen molar-refractivity contribution in [2.75, 3.05) is 11.5 Å². The molecule has 1 aliphatic heterocycles. The van der Waals surface area contributed by atoms with E-state index in [0.717, 1.165) is 38.9 Å². The highest BCUT2D eigenvalue weighted by Crippen LogP contribution is 2.27. The Kier molecular flexibility index (Phi) is 6.63. The van der Waals surface area contributed by atoms with Crippen LogP contribution in [-0.2, 0) is 16.1 Å². The third-order valence-corrected chi connectivity index (χ3v) is 6.73. The highest BCUT2D eigenvalue weighted by atomic mass is 32.1.